The molecule has 0 saturated heterocycles. The quantitative estimate of drug-likeness (QED) is 0.614. The van der Waals surface area contributed by atoms with Crippen molar-refractivity contribution >= 4 is 17.4 Å². The number of Topliss-reactive ketones (excluding diaryl/α,β-unsaturated/α-hetero) is 1. The molecule has 0 aliphatic heterocycles. The van der Waals surface area contributed by atoms with E-state index in [-0.39, 0.29) is 11.2 Å². The Morgan fingerprint density at radius 3 is 2.33 bits per heavy atom. The van der Waals surface area contributed by atoms with Crippen LogP contribution in [0.4, 0.5) is 0 Å². The zero-order valence-electron chi connectivity index (χ0n) is 14.9. The Balaban J connectivity index is 1.94. The highest BCUT2D eigenvalue weighted by Crippen LogP contribution is 2.25. The van der Waals surface area contributed by atoms with Crippen molar-refractivity contribution in [3.63, 3.8) is 0 Å². The van der Waals surface area contributed by atoms with Gasteiger partial charge in [-0.2, -0.15) is 0 Å². The summed E-state index contributed by atoms with van der Waals surface area (Å²) in [5.41, 5.74) is 3.31. The van der Waals surface area contributed by atoms with Crippen LogP contribution in [0.15, 0.2) is 42.5 Å². The van der Waals surface area contributed by atoms with Gasteiger partial charge >= 0.3 is 0 Å². The van der Waals surface area contributed by atoms with E-state index in [4.69, 9.17) is 16.3 Å². The van der Waals surface area contributed by atoms with Crippen LogP contribution < -0.4 is 4.74 Å². The van der Waals surface area contributed by atoms with Gasteiger partial charge in [0.25, 0.3) is 0 Å². The minimum atomic E-state index is 0.0701. The van der Waals surface area contributed by atoms with Crippen LogP contribution in [-0.4, -0.2) is 12.9 Å². The number of methoxy groups -OCH3 is 1. The standard InChI is InChI=1S/C21H25ClO2/c1-21(2,3)16-10-8-15(9-11-16)6-5-7-19(23)18-14-17(22)12-13-20(18)24-4/h8-14H,5-7H2,1-4H3. The maximum Gasteiger partial charge on any atom is 0.166 e. The highest BCUT2D eigenvalue weighted by molar-refractivity contribution is 6.31. The lowest BCUT2D eigenvalue weighted by Gasteiger charge is -2.19. The average Bonchev–Trinajstić information content (AvgIpc) is 2.54. The van der Waals surface area contributed by atoms with Gasteiger partial charge in [0.1, 0.15) is 5.75 Å². The van der Waals surface area contributed by atoms with Crippen LogP contribution in [-0.2, 0) is 11.8 Å². The van der Waals surface area contributed by atoms with Crippen LogP contribution in [0.1, 0.15) is 55.1 Å². The predicted octanol–water partition coefficient (Wildman–Crippen LogP) is 5.85. The molecule has 0 bridgehead atoms. The lowest BCUT2D eigenvalue weighted by molar-refractivity contribution is 0.0977. The number of hydrogen-bond acceptors (Lipinski definition) is 2. The third-order valence-electron chi connectivity index (χ3n) is 4.15. The lowest BCUT2D eigenvalue weighted by Crippen LogP contribution is -2.10. The Morgan fingerprint density at radius 2 is 1.75 bits per heavy atom. The molecule has 0 aliphatic carbocycles. The number of rotatable bonds is 6. The molecular weight excluding hydrogens is 320 g/mol. The summed E-state index contributed by atoms with van der Waals surface area (Å²) in [4.78, 5) is 12.4. The van der Waals surface area contributed by atoms with E-state index in [1.54, 1.807) is 25.3 Å². The molecule has 128 valence electrons. The van der Waals surface area contributed by atoms with E-state index in [1.807, 2.05) is 0 Å². The number of ketones is 1. The molecule has 0 spiro atoms. The van der Waals surface area contributed by atoms with Crippen molar-refractivity contribution in [2.75, 3.05) is 7.11 Å². The van der Waals surface area contributed by atoms with Gasteiger partial charge in [-0.05, 0) is 47.6 Å². The fourth-order valence-corrected chi connectivity index (χ4v) is 2.83. The first kappa shape index (κ1) is 18.5. The van der Waals surface area contributed by atoms with Crippen LogP contribution in [0.3, 0.4) is 0 Å². The molecule has 2 aromatic carbocycles. The van der Waals surface area contributed by atoms with E-state index in [0.717, 1.165) is 12.8 Å². The SMILES string of the molecule is COc1ccc(Cl)cc1C(=O)CCCc1ccc(C(C)(C)C)cc1. The molecule has 2 nitrogen and oxygen atoms in total. The number of ether oxygens (including phenoxy) is 1. The van der Waals surface area contributed by atoms with E-state index in [9.17, 15) is 4.79 Å². The second-order valence-corrected chi connectivity index (χ2v) is 7.50. The number of hydrogen-bond donors (Lipinski definition) is 0. The molecule has 0 fully saturated rings. The first-order valence-corrected chi connectivity index (χ1v) is 8.65. The van der Waals surface area contributed by atoms with E-state index in [0.29, 0.717) is 22.8 Å². The number of aryl methyl sites for hydroxylation is 1. The Bertz CT molecular complexity index is 697. The number of halogens is 1. The van der Waals surface area contributed by atoms with Crippen LogP contribution >= 0.6 is 11.6 Å². The summed E-state index contributed by atoms with van der Waals surface area (Å²) in [6, 6.07) is 13.8. The topological polar surface area (TPSA) is 26.3 Å². The summed E-state index contributed by atoms with van der Waals surface area (Å²) < 4.78 is 5.25. The van der Waals surface area contributed by atoms with E-state index >= 15 is 0 Å². The minimum Gasteiger partial charge on any atom is -0.496 e. The van der Waals surface area contributed by atoms with Gasteiger partial charge in [-0.3, -0.25) is 4.79 Å². The minimum absolute atomic E-state index is 0.0701. The Kier molecular flexibility index (Phi) is 6.06. The van der Waals surface area contributed by atoms with Crippen molar-refractivity contribution in [2.45, 2.75) is 45.4 Å². The van der Waals surface area contributed by atoms with Crippen molar-refractivity contribution in [3.05, 3.63) is 64.2 Å². The van der Waals surface area contributed by atoms with Gasteiger partial charge in [-0.25, -0.2) is 0 Å². The molecule has 24 heavy (non-hydrogen) atoms. The summed E-state index contributed by atoms with van der Waals surface area (Å²) in [6.45, 7) is 6.62. The van der Waals surface area contributed by atoms with Crippen molar-refractivity contribution in [2.24, 2.45) is 0 Å². The zero-order valence-corrected chi connectivity index (χ0v) is 15.6. The summed E-state index contributed by atoms with van der Waals surface area (Å²) in [5.74, 6) is 0.652. The third-order valence-corrected chi connectivity index (χ3v) is 4.39. The maximum absolute atomic E-state index is 12.4. The molecule has 0 atom stereocenters. The number of carbonyl (C=O) groups excluding carboxylic acids is 1. The molecular formula is C21H25ClO2. The smallest absolute Gasteiger partial charge is 0.166 e. The summed E-state index contributed by atoms with van der Waals surface area (Å²) >= 11 is 5.99. The van der Waals surface area contributed by atoms with Gasteiger partial charge in [0.05, 0.1) is 12.7 Å². The maximum atomic E-state index is 12.4. The molecule has 0 radical (unpaired) electrons. The molecule has 0 aliphatic rings. The fraction of sp³-hybridized carbons (Fsp3) is 0.381. The molecule has 0 amide bonds. The Labute approximate surface area is 149 Å². The van der Waals surface area contributed by atoms with Crippen LogP contribution in [0.2, 0.25) is 5.02 Å². The average molecular weight is 345 g/mol. The van der Waals surface area contributed by atoms with E-state index in [1.165, 1.54) is 11.1 Å². The highest BCUT2D eigenvalue weighted by atomic mass is 35.5. The third kappa shape index (κ3) is 4.85. The molecule has 3 heteroatoms. The van der Waals surface area contributed by atoms with Gasteiger partial charge in [0.15, 0.2) is 5.78 Å². The van der Waals surface area contributed by atoms with Gasteiger partial charge in [-0.15, -0.1) is 0 Å². The molecule has 0 heterocycles. The van der Waals surface area contributed by atoms with E-state index in [2.05, 4.69) is 45.0 Å². The number of benzene rings is 2. The monoisotopic (exact) mass is 344 g/mol. The van der Waals surface area contributed by atoms with Gasteiger partial charge in [0.2, 0.25) is 0 Å². The second kappa shape index (κ2) is 7.85. The summed E-state index contributed by atoms with van der Waals surface area (Å²) in [6.07, 6.45) is 2.18. The van der Waals surface area contributed by atoms with Gasteiger partial charge < -0.3 is 4.74 Å². The summed E-state index contributed by atoms with van der Waals surface area (Å²) in [7, 11) is 1.57. The normalized spacial score (nSPS) is 11.4. The number of carbonyl (C=O) groups is 1. The molecule has 0 saturated carbocycles. The first-order valence-electron chi connectivity index (χ1n) is 8.27. The molecule has 0 aromatic heterocycles. The van der Waals surface area contributed by atoms with Crippen molar-refractivity contribution in [1.29, 1.82) is 0 Å². The predicted molar refractivity (Wildman–Crippen MR) is 100 cm³/mol. The zero-order chi connectivity index (χ0) is 17.7. The second-order valence-electron chi connectivity index (χ2n) is 7.07. The first-order chi connectivity index (χ1) is 11.3. The Morgan fingerprint density at radius 1 is 1.08 bits per heavy atom. The molecule has 0 N–H and O–H groups in total. The van der Waals surface area contributed by atoms with Crippen LogP contribution in [0, 0.1) is 0 Å². The lowest BCUT2D eigenvalue weighted by atomic mass is 9.86. The van der Waals surface area contributed by atoms with E-state index < -0.39 is 0 Å². The van der Waals surface area contributed by atoms with Crippen LogP contribution in [0.5, 0.6) is 5.75 Å². The van der Waals surface area contributed by atoms with Crippen molar-refractivity contribution < 1.29 is 9.53 Å². The molecule has 2 aromatic rings. The fourth-order valence-electron chi connectivity index (χ4n) is 2.66. The van der Waals surface area contributed by atoms with Gasteiger partial charge in [0, 0.05) is 11.4 Å². The van der Waals surface area contributed by atoms with Crippen LogP contribution in [0.25, 0.3) is 0 Å². The van der Waals surface area contributed by atoms with Gasteiger partial charge in [-0.1, -0.05) is 56.6 Å². The van der Waals surface area contributed by atoms with Crippen molar-refractivity contribution in [3.8, 4) is 5.75 Å². The Hall–Kier alpha value is -1.80. The molecule has 2 rings (SSSR count). The molecule has 0 unspecified atom stereocenters. The highest BCUT2D eigenvalue weighted by Gasteiger charge is 2.14. The largest absolute Gasteiger partial charge is 0.496 e. The van der Waals surface area contributed by atoms with Crippen molar-refractivity contribution in [1.82, 2.24) is 0 Å². The summed E-state index contributed by atoms with van der Waals surface area (Å²) in [5, 5.41) is 0.553.